The van der Waals surface area contributed by atoms with Gasteiger partial charge in [-0.15, -0.1) is 0 Å². The molecule has 0 bridgehead atoms. The fraction of sp³-hybridized carbons (Fsp3) is 0.429. The Hall–Kier alpha value is -1.64. The maximum absolute atomic E-state index is 11.9. The lowest BCUT2D eigenvalue weighted by atomic mass is 9.93. The molecule has 88 valence electrons. The first-order valence-corrected chi connectivity index (χ1v) is 6.17. The number of aliphatic imine (C=N–C) groups is 1. The molecule has 1 aromatic rings. The molecule has 3 heteroatoms. The molecular weight excluding hydrogens is 212 g/mol. The van der Waals surface area contributed by atoms with Crippen molar-refractivity contribution in [1.29, 1.82) is 0 Å². The van der Waals surface area contributed by atoms with Crippen LogP contribution in [0, 0.1) is 0 Å². The number of amidine groups is 1. The van der Waals surface area contributed by atoms with E-state index < -0.39 is 0 Å². The number of nitrogens with zero attached hydrogens (tertiary/aromatic N) is 2. The normalized spacial score (nSPS) is 27.9. The maximum Gasteiger partial charge on any atom is 0.230 e. The minimum atomic E-state index is 0.237. The van der Waals surface area contributed by atoms with Crippen LogP contribution in [0.25, 0.3) is 0 Å². The lowest BCUT2D eigenvalue weighted by molar-refractivity contribution is -0.128. The molecule has 0 spiro atoms. The van der Waals surface area contributed by atoms with E-state index in [-0.39, 0.29) is 11.9 Å². The molecule has 2 aliphatic heterocycles. The highest BCUT2D eigenvalue weighted by Gasteiger charge is 2.40. The predicted molar refractivity (Wildman–Crippen MR) is 67.0 cm³/mol. The van der Waals surface area contributed by atoms with Crippen LogP contribution in [0.4, 0.5) is 0 Å². The topological polar surface area (TPSA) is 32.7 Å². The molecule has 0 N–H and O–H groups in total. The summed E-state index contributed by atoms with van der Waals surface area (Å²) in [6, 6.07) is 10.7. The number of rotatable bonds is 1. The number of hydrogen-bond donors (Lipinski definition) is 0. The van der Waals surface area contributed by atoms with E-state index in [0.717, 1.165) is 12.3 Å². The van der Waals surface area contributed by atoms with Crippen molar-refractivity contribution in [2.45, 2.75) is 31.7 Å². The van der Waals surface area contributed by atoms with Gasteiger partial charge in [-0.05, 0) is 12.5 Å². The first-order valence-electron chi connectivity index (χ1n) is 6.17. The van der Waals surface area contributed by atoms with Crippen LogP contribution in [0.1, 0.15) is 31.2 Å². The molecule has 0 saturated carbocycles. The van der Waals surface area contributed by atoms with Gasteiger partial charge in [0.15, 0.2) is 0 Å². The van der Waals surface area contributed by atoms with Crippen molar-refractivity contribution in [3.05, 3.63) is 35.9 Å². The van der Waals surface area contributed by atoms with Crippen LogP contribution in [0.5, 0.6) is 0 Å². The van der Waals surface area contributed by atoms with Crippen molar-refractivity contribution in [1.82, 2.24) is 4.90 Å². The molecule has 2 unspecified atom stereocenters. The fourth-order valence-electron chi connectivity index (χ4n) is 2.89. The van der Waals surface area contributed by atoms with Crippen LogP contribution in [-0.4, -0.2) is 29.2 Å². The monoisotopic (exact) mass is 228 g/mol. The highest BCUT2D eigenvalue weighted by Crippen LogP contribution is 2.36. The summed E-state index contributed by atoms with van der Waals surface area (Å²) in [4.78, 5) is 18.3. The molecular formula is C14H16N2O. The molecule has 1 amide bonds. The molecule has 17 heavy (non-hydrogen) atoms. The Morgan fingerprint density at radius 3 is 2.76 bits per heavy atom. The van der Waals surface area contributed by atoms with E-state index in [1.54, 1.807) is 0 Å². The van der Waals surface area contributed by atoms with Gasteiger partial charge in [0, 0.05) is 31.3 Å². The summed E-state index contributed by atoms with van der Waals surface area (Å²) in [5.41, 5.74) is 1.31. The second-order valence-corrected chi connectivity index (χ2v) is 4.77. The molecule has 0 aromatic heterocycles. The molecule has 0 radical (unpaired) electrons. The first-order chi connectivity index (χ1) is 8.27. The average molecular weight is 228 g/mol. The van der Waals surface area contributed by atoms with Crippen molar-refractivity contribution in [2.24, 2.45) is 4.99 Å². The highest BCUT2D eigenvalue weighted by molar-refractivity contribution is 6.02. The van der Waals surface area contributed by atoms with Gasteiger partial charge in [-0.1, -0.05) is 30.3 Å². The van der Waals surface area contributed by atoms with Gasteiger partial charge in [0.1, 0.15) is 5.84 Å². The van der Waals surface area contributed by atoms with Crippen LogP contribution in [0.2, 0.25) is 0 Å². The zero-order valence-corrected chi connectivity index (χ0v) is 9.97. The second kappa shape index (κ2) is 3.99. The number of fused-ring (bicyclic) bond motifs is 1. The molecule has 3 rings (SSSR count). The zero-order valence-electron chi connectivity index (χ0n) is 9.97. The smallest absolute Gasteiger partial charge is 0.230 e. The summed E-state index contributed by atoms with van der Waals surface area (Å²) in [5, 5.41) is 0. The van der Waals surface area contributed by atoms with E-state index in [2.05, 4.69) is 36.2 Å². The van der Waals surface area contributed by atoms with Crippen molar-refractivity contribution < 1.29 is 4.79 Å². The number of carbonyl (C=O) groups excluding carboxylic acids is 1. The Bertz CT molecular complexity index is 466. The van der Waals surface area contributed by atoms with Gasteiger partial charge in [0.25, 0.3) is 0 Å². The maximum atomic E-state index is 11.9. The third kappa shape index (κ3) is 1.66. The Kier molecular flexibility index (Phi) is 2.46. The number of amides is 1. The van der Waals surface area contributed by atoms with Gasteiger partial charge in [-0.3, -0.25) is 14.7 Å². The Balaban J connectivity index is 1.94. The van der Waals surface area contributed by atoms with Crippen LogP contribution in [0.15, 0.2) is 35.3 Å². The van der Waals surface area contributed by atoms with Gasteiger partial charge in [0.2, 0.25) is 5.91 Å². The molecule has 2 aliphatic rings. The molecule has 3 nitrogen and oxygen atoms in total. The summed E-state index contributed by atoms with van der Waals surface area (Å²) < 4.78 is 0. The van der Waals surface area contributed by atoms with Crippen LogP contribution < -0.4 is 0 Å². The Labute approximate surface area is 101 Å². The Morgan fingerprint density at radius 2 is 2.06 bits per heavy atom. The van der Waals surface area contributed by atoms with Crippen molar-refractivity contribution in [2.75, 3.05) is 6.54 Å². The van der Waals surface area contributed by atoms with Crippen LogP contribution in [-0.2, 0) is 4.79 Å². The second-order valence-electron chi connectivity index (χ2n) is 4.77. The standard InChI is InChI=1S/C14H16N2O/c1-10-12(11-5-3-2-4-6-11)9-13-15-8-7-14(17)16(10)13/h2-6,10,12H,7-9H2,1H3. The quantitative estimate of drug-likeness (QED) is 0.725. The third-order valence-corrected chi connectivity index (χ3v) is 3.79. The molecule has 1 aromatic carbocycles. The van der Waals surface area contributed by atoms with Gasteiger partial charge >= 0.3 is 0 Å². The average Bonchev–Trinajstić information content (AvgIpc) is 2.69. The van der Waals surface area contributed by atoms with E-state index in [9.17, 15) is 4.79 Å². The summed E-state index contributed by atoms with van der Waals surface area (Å²) in [7, 11) is 0. The van der Waals surface area contributed by atoms with Crippen molar-refractivity contribution in [3.8, 4) is 0 Å². The minimum Gasteiger partial charge on any atom is -0.297 e. The van der Waals surface area contributed by atoms with E-state index in [0.29, 0.717) is 18.9 Å². The summed E-state index contributed by atoms with van der Waals surface area (Å²) in [5.74, 6) is 1.63. The lowest BCUT2D eigenvalue weighted by Gasteiger charge is -2.26. The van der Waals surface area contributed by atoms with Gasteiger partial charge < -0.3 is 0 Å². The van der Waals surface area contributed by atoms with E-state index in [1.165, 1.54) is 5.56 Å². The summed E-state index contributed by atoms with van der Waals surface area (Å²) in [6.07, 6.45) is 1.46. The van der Waals surface area contributed by atoms with Gasteiger partial charge in [0.05, 0.1) is 0 Å². The summed E-state index contributed by atoms with van der Waals surface area (Å²) >= 11 is 0. The fourth-order valence-corrected chi connectivity index (χ4v) is 2.89. The molecule has 2 atom stereocenters. The first kappa shape index (κ1) is 10.5. The van der Waals surface area contributed by atoms with Crippen molar-refractivity contribution >= 4 is 11.7 Å². The molecule has 0 aliphatic carbocycles. The predicted octanol–water partition coefficient (Wildman–Crippen LogP) is 2.19. The van der Waals surface area contributed by atoms with Gasteiger partial charge in [-0.2, -0.15) is 0 Å². The zero-order chi connectivity index (χ0) is 11.8. The van der Waals surface area contributed by atoms with Crippen LogP contribution in [0.3, 0.4) is 0 Å². The third-order valence-electron chi connectivity index (χ3n) is 3.79. The number of hydrogen-bond acceptors (Lipinski definition) is 2. The lowest BCUT2D eigenvalue weighted by Crippen LogP contribution is -2.41. The molecule has 1 fully saturated rings. The number of benzene rings is 1. The molecule has 2 heterocycles. The van der Waals surface area contributed by atoms with Crippen LogP contribution >= 0.6 is 0 Å². The van der Waals surface area contributed by atoms with Gasteiger partial charge in [-0.25, -0.2) is 0 Å². The SMILES string of the molecule is CC1C(c2ccccc2)CC2=NCCC(=O)N21. The Morgan fingerprint density at radius 1 is 1.29 bits per heavy atom. The van der Waals surface area contributed by atoms with E-state index >= 15 is 0 Å². The number of carbonyl (C=O) groups is 1. The van der Waals surface area contributed by atoms with Crippen molar-refractivity contribution in [3.63, 3.8) is 0 Å². The minimum absolute atomic E-state index is 0.237. The highest BCUT2D eigenvalue weighted by atomic mass is 16.2. The van der Waals surface area contributed by atoms with E-state index in [4.69, 9.17) is 0 Å². The van der Waals surface area contributed by atoms with E-state index in [1.807, 2.05) is 11.0 Å². The largest absolute Gasteiger partial charge is 0.297 e. The summed E-state index contributed by atoms with van der Waals surface area (Å²) in [6.45, 7) is 2.79. The molecule has 1 saturated heterocycles.